The predicted octanol–water partition coefficient (Wildman–Crippen LogP) is 9.15. The summed E-state index contributed by atoms with van der Waals surface area (Å²) in [5.74, 6) is -0.467. The molecule has 3 heteroatoms. The van der Waals surface area contributed by atoms with Crippen LogP contribution in [0.2, 0.25) is 0 Å². The molecule has 2 unspecified atom stereocenters. The molecule has 0 saturated heterocycles. The number of rotatable bonds is 20. The first kappa shape index (κ1) is 29.4. The van der Waals surface area contributed by atoms with Crippen molar-refractivity contribution in [2.24, 2.45) is 5.41 Å². The number of ether oxygens (including phenoxy) is 1. The molecule has 33 heavy (non-hydrogen) atoms. The van der Waals surface area contributed by atoms with Crippen molar-refractivity contribution in [3.05, 3.63) is 35.9 Å². The fraction of sp³-hybridized carbons (Fsp3) is 0.733. The Labute approximate surface area is 204 Å². The summed E-state index contributed by atoms with van der Waals surface area (Å²) in [6, 6.07) is 9.79. The van der Waals surface area contributed by atoms with Crippen LogP contribution in [-0.4, -0.2) is 11.8 Å². The highest BCUT2D eigenvalue weighted by atomic mass is 16.5. The van der Waals surface area contributed by atoms with E-state index in [1.54, 1.807) is 6.92 Å². The summed E-state index contributed by atoms with van der Waals surface area (Å²) in [5.41, 5.74) is -0.0602. The molecule has 0 N–H and O–H groups in total. The first-order chi connectivity index (χ1) is 16.0. The van der Waals surface area contributed by atoms with Crippen molar-refractivity contribution in [2.75, 3.05) is 0 Å². The number of benzene rings is 1. The van der Waals surface area contributed by atoms with Gasteiger partial charge in [-0.1, -0.05) is 134 Å². The Kier molecular flexibility index (Phi) is 15.8. The number of esters is 1. The van der Waals surface area contributed by atoms with Crippen LogP contribution in [0.5, 0.6) is 0 Å². The summed E-state index contributed by atoms with van der Waals surface area (Å²) in [6.45, 7) is 7.56. The van der Waals surface area contributed by atoms with E-state index >= 15 is 0 Å². The zero-order chi connectivity index (χ0) is 24.4. The summed E-state index contributed by atoms with van der Waals surface area (Å²) in [6.07, 6.45) is 19.1. The zero-order valence-electron chi connectivity index (χ0n) is 22.0. The molecule has 0 fully saturated rings. The van der Waals surface area contributed by atoms with E-state index < -0.39 is 5.41 Å². The van der Waals surface area contributed by atoms with Crippen LogP contribution in [0.1, 0.15) is 142 Å². The quantitative estimate of drug-likeness (QED) is 0.111. The maximum absolute atomic E-state index is 13.0. The molecule has 1 aromatic carbocycles. The van der Waals surface area contributed by atoms with Crippen LogP contribution in [-0.2, 0) is 14.3 Å². The SMILES string of the molecule is CCCCCCCCCCCCCCCCC(C)(C(C)=O)C(=O)OC(CC)c1ccccc1. The van der Waals surface area contributed by atoms with Gasteiger partial charge in [-0.3, -0.25) is 9.59 Å². The molecular weight excluding hydrogens is 408 g/mol. The normalized spacial score (nSPS) is 13.9. The Morgan fingerprint density at radius 3 is 1.64 bits per heavy atom. The van der Waals surface area contributed by atoms with E-state index in [2.05, 4.69) is 6.92 Å². The van der Waals surface area contributed by atoms with Gasteiger partial charge < -0.3 is 4.74 Å². The van der Waals surface area contributed by atoms with Crippen LogP contribution in [0.25, 0.3) is 0 Å². The van der Waals surface area contributed by atoms with E-state index in [4.69, 9.17) is 4.74 Å². The number of carbonyl (C=O) groups is 2. The molecule has 3 nitrogen and oxygen atoms in total. The van der Waals surface area contributed by atoms with Gasteiger partial charge in [0.05, 0.1) is 0 Å². The fourth-order valence-corrected chi connectivity index (χ4v) is 4.41. The standard InChI is InChI=1S/C30H50O3/c1-5-7-8-9-10-11-12-13-14-15-16-17-18-22-25-30(4,26(3)31)29(32)33-28(6-2)27-23-20-19-21-24-27/h19-21,23-24,28H,5-18,22,25H2,1-4H3. The number of hydrogen-bond acceptors (Lipinski definition) is 3. The molecule has 0 aliphatic heterocycles. The van der Waals surface area contributed by atoms with Crippen molar-refractivity contribution in [3.63, 3.8) is 0 Å². The van der Waals surface area contributed by atoms with Gasteiger partial charge in [-0.05, 0) is 32.3 Å². The number of Topliss-reactive ketones (excluding diaryl/α,β-unsaturated/α-hetero) is 1. The highest BCUT2D eigenvalue weighted by Gasteiger charge is 2.40. The summed E-state index contributed by atoms with van der Waals surface area (Å²) in [5, 5.41) is 0. The second-order valence-corrected chi connectivity index (χ2v) is 9.95. The molecule has 0 bridgehead atoms. The molecule has 0 aliphatic rings. The molecule has 1 rings (SSSR count). The van der Waals surface area contributed by atoms with Crippen LogP contribution in [0.4, 0.5) is 0 Å². The van der Waals surface area contributed by atoms with Crippen LogP contribution in [0.15, 0.2) is 30.3 Å². The lowest BCUT2D eigenvalue weighted by Gasteiger charge is -2.27. The largest absolute Gasteiger partial charge is 0.457 e. The number of hydrogen-bond donors (Lipinski definition) is 0. The van der Waals surface area contributed by atoms with Crippen LogP contribution < -0.4 is 0 Å². The van der Waals surface area contributed by atoms with Crippen LogP contribution in [0.3, 0.4) is 0 Å². The maximum atomic E-state index is 13.0. The Balaban J connectivity index is 2.23. The highest BCUT2D eigenvalue weighted by molar-refractivity contribution is 6.02. The fourth-order valence-electron chi connectivity index (χ4n) is 4.41. The third-order valence-corrected chi connectivity index (χ3v) is 7.05. The Hall–Kier alpha value is -1.64. The van der Waals surface area contributed by atoms with E-state index in [0.29, 0.717) is 12.8 Å². The minimum Gasteiger partial charge on any atom is -0.457 e. The molecule has 0 aliphatic carbocycles. The number of carbonyl (C=O) groups excluding carboxylic acids is 2. The molecule has 188 valence electrons. The molecule has 0 amide bonds. The molecule has 0 heterocycles. The van der Waals surface area contributed by atoms with Gasteiger partial charge in [0.1, 0.15) is 17.3 Å². The molecule has 0 saturated carbocycles. The smallest absolute Gasteiger partial charge is 0.319 e. The zero-order valence-corrected chi connectivity index (χ0v) is 22.0. The van der Waals surface area contributed by atoms with Crippen molar-refractivity contribution < 1.29 is 14.3 Å². The van der Waals surface area contributed by atoms with Gasteiger partial charge in [-0.2, -0.15) is 0 Å². The Morgan fingerprint density at radius 1 is 0.758 bits per heavy atom. The van der Waals surface area contributed by atoms with Gasteiger partial charge in [0, 0.05) is 0 Å². The van der Waals surface area contributed by atoms with Crippen LogP contribution in [0, 0.1) is 5.41 Å². The van der Waals surface area contributed by atoms with E-state index in [9.17, 15) is 9.59 Å². The second-order valence-electron chi connectivity index (χ2n) is 9.95. The molecule has 1 aromatic rings. The summed E-state index contributed by atoms with van der Waals surface area (Å²) < 4.78 is 5.82. The minimum atomic E-state index is -1.04. The molecule has 0 spiro atoms. The van der Waals surface area contributed by atoms with E-state index in [1.807, 2.05) is 37.3 Å². The number of unbranched alkanes of at least 4 members (excludes halogenated alkanes) is 13. The first-order valence-electron chi connectivity index (χ1n) is 13.7. The molecule has 2 atom stereocenters. The molecule has 0 aromatic heterocycles. The highest BCUT2D eigenvalue weighted by Crippen LogP contribution is 2.32. The van der Waals surface area contributed by atoms with Crippen molar-refractivity contribution in [2.45, 2.75) is 137 Å². The van der Waals surface area contributed by atoms with Gasteiger partial charge in [-0.15, -0.1) is 0 Å². The molecule has 0 radical (unpaired) electrons. The molecular formula is C30H50O3. The lowest BCUT2D eigenvalue weighted by atomic mass is 9.81. The van der Waals surface area contributed by atoms with Gasteiger partial charge in [0.15, 0.2) is 0 Å². The van der Waals surface area contributed by atoms with Crippen molar-refractivity contribution in [1.29, 1.82) is 0 Å². The number of ketones is 1. The summed E-state index contributed by atoms with van der Waals surface area (Å²) in [7, 11) is 0. The van der Waals surface area contributed by atoms with E-state index in [0.717, 1.165) is 18.4 Å². The average Bonchev–Trinajstić information content (AvgIpc) is 2.82. The van der Waals surface area contributed by atoms with Gasteiger partial charge >= 0.3 is 5.97 Å². The van der Waals surface area contributed by atoms with Crippen molar-refractivity contribution in [3.8, 4) is 0 Å². The lowest BCUT2D eigenvalue weighted by Crippen LogP contribution is -2.37. The van der Waals surface area contributed by atoms with Gasteiger partial charge in [-0.25, -0.2) is 0 Å². The monoisotopic (exact) mass is 458 g/mol. The second kappa shape index (κ2) is 17.8. The minimum absolute atomic E-state index is 0.0925. The lowest BCUT2D eigenvalue weighted by molar-refractivity contribution is -0.165. The average molecular weight is 459 g/mol. The summed E-state index contributed by atoms with van der Waals surface area (Å²) >= 11 is 0. The maximum Gasteiger partial charge on any atom is 0.319 e. The van der Waals surface area contributed by atoms with Gasteiger partial charge in [0.25, 0.3) is 0 Å². The third-order valence-electron chi connectivity index (χ3n) is 7.05. The topological polar surface area (TPSA) is 43.4 Å². The third kappa shape index (κ3) is 11.9. The predicted molar refractivity (Wildman–Crippen MR) is 139 cm³/mol. The van der Waals surface area contributed by atoms with Crippen molar-refractivity contribution in [1.82, 2.24) is 0 Å². The summed E-state index contributed by atoms with van der Waals surface area (Å²) in [4.78, 5) is 25.3. The van der Waals surface area contributed by atoms with E-state index in [1.165, 1.54) is 84.0 Å². The Bertz CT molecular complexity index is 639. The Morgan fingerprint density at radius 2 is 1.21 bits per heavy atom. The van der Waals surface area contributed by atoms with Gasteiger partial charge in [0.2, 0.25) is 0 Å². The van der Waals surface area contributed by atoms with E-state index in [-0.39, 0.29) is 17.9 Å². The van der Waals surface area contributed by atoms with Crippen molar-refractivity contribution >= 4 is 11.8 Å². The first-order valence-corrected chi connectivity index (χ1v) is 13.7. The van der Waals surface area contributed by atoms with Crippen LogP contribution >= 0.6 is 0 Å².